The molecule has 0 atom stereocenters. The lowest BCUT2D eigenvalue weighted by molar-refractivity contribution is 0.0953. The Morgan fingerprint density at radius 1 is 0.963 bits per heavy atom. The minimum absolute atomic E-state index is 0. The average molecular weight is 501 g/mol. The molecule has 0 aromatic heterocycles. The lowest BCUT2D eigenvalue weighted by atomic mass is 10.2. The standard InChI is InChI=1S/C20H25ClN4O.HI/c1-2-22-20(25-15-17-11-6-7-12-18(17)21)24-14-8-13-23-19(26)16-9-4-3-5-10-16;/h3-7,9-12H,2,8,13-15H2,1H3,(H,23,26)(H2,22,24,25);1H. The van der Waals surface area contributed by atoms with Crippen LogP contribution in [-0.2, 0) is 6.54 Å². The monoisotopic (exact) mass is 500 g/mol. The molecule has 3 N–H and O–H groups in total. The van der Waals surface area contributed by atoms with E-state index >= 15 is 0 Å². The fourth-order valence-corrected chi connectivity index (χ4v) is 2.52. The predicted octanol–water partition coefficient (Wildman–Crippen LogP) is 3.83. The Kier molecular flexibility index (Phi) is 11.5. The van der Waals surface area contributed by atoms with Crippen molar-refractivity contribution in [3.8, 4) is 0 Å². The van der Waals surface area contributed by atoms with Crippen LogP contribution in [0.1, 0.15) is 29.3 Å². The van der Waals surface area contributed by atoms with Gasteiger partial charge in [0.15, 0.2) is 5.96 Å². The van der Waals surface area contributed by atoms with Gasteiger partial charge in [0.2, 0.25) is 0 Å². The second kappa shape index (κ2) is 13.4. The number of amides is 1. The highest BCUT2D eigenvalue weighted by Gasteiger charge is 2.03. The largest absolute Gasteiger partial charge is 0.357 e. The third-order valence-electron chi connectivity index (χ3n) is 3.68. The molecular formula is C20H26ClIN4O. The van der Waals surface area contributed by atoms with Crippen molar-refractivity contribution in [1.82, 2.24) is 16.0 Å². The Hall–Kier alpha value is -1.80. The highest BCUT2D eigenvalue weighted by atomic mass is 127. The molecule has 146 valence electrons. The highest BCUT2D eigenvalue weighted by Crippen LogP contribution is 2.15. The van der Waals surface area contributed by atoms with E-state index in [0.29, 0.717) is 25.2 Å². The quantitative estimate of drug-likeness (QED) is 0.223. The van der Waals surface area contributed by atoms with Crippen LogP contribution in [-0.4, -0.2) is 31.5 Å². The zero-order valence-corrected chi connectivity index (χ0v) is 18.5. The highest BCUT2D eigenvalue weighted by molar-refractivity contribution is 14.0. The van der Waals surface area contributed by atoms with Gasteiger partial charge in [-0.1, -0.05) is 48.0 Å². The Balaban J connectivity index is 0.00000364. The number of guanidine groups is 1. The topological polar surface area (TPSA) is 65.5 Å². The molecular weight excluding hydrogens is 475 g/mol. The van der Waals surface area contributed by atoms with E-state index in [0.717, 1.165) is 29.5 Å². The van der Waals surface area contributed by atoms with Crippen LogP contribution in [0.5, 0.6) is 0 Å². The van der Waals surface area contributed by atoms with Gasteiger partial charge in [-0.3, -0.25) is 4.79 Å². The molecule has 2 aromatic carbocycles. The third-order valence-corrected chi connectivity index (χ3v) is 4.05. The molecule has 0 aliphatic rings. The molecule has 2 rings (SSSR count). The molecule has 0 aliphatic carbocycles. The maximum atomic E-state index is 12.0. The molecule has 27 heavy (non-hydrogen) atoms. The Morgan fingerprint density at radius 2 is 1.63 bits per heavy atom. The normalized spacial score (nSPS) is 10.7. The van der Waals surface area contributed by atoms with Crippen molar-refractivity contribution >= 4 is 47.4 Å². The number of halogens is 2. The van der Waals surface area contributed by atoms with E-state index < -0.39 is 0 Å². The number of nitrogens with zero attached hydrogens (tertiary/aromatic N) is 1. The van der Waals surface area contributed by atoms with Gasteiger partial charge in [0.25, 0.3) is 5.91 Å². The smallest absolute Gasteiger partial charge is 0.251 e. The summed E-state index contributed by atoms with van der Waals surface area (Å²) in [5.74, 6) is 0.687. The minimum Gasteiger partial charge on any atom is -0.357 e. The summed E-state index contributed by atoms with van der Waals surface area (Å²) in [4.78, 5) is 16.5. The van der Waals surface area contributed by atoms with Crippen molar-refractivity contribution in [3.63, 3.8) is 0 Å². The van der Waals surface area contributed by atoms with Gasteiger partial charge < -0.3 is 16.0 Å². The van der Waals surface area contributed by atoms with Crippen LogP contribution in [0.15, 0.2) is 59.6 Å². The number of nitrogens with one attached hydrogen (secondary N) is 3. The van der Waals surface area contributed by atoms with Crippen molar-refractivity contribution in [1.29, 1.82) is 0 Å². The maximum Gasteiger partial charge on any atom is 0.251 e. The number of carbonyl (C=O) groups excluding carboxylic acids is 1. The van der Waals surface area contributed by atoms with Crippen LogP contribution in [0.25, 0.3) is 0 Å². The van der Waals surface area contributed by atoms with Crippen molar-refractivity contribution in [2.24, 2.45) is 4.99 Å². The van der Waals surface area contributed by atoms with Crippen molar-refractivity contribution in [3.05, 3.63) is 70.7 Å². The van der Waals surface area contributed by atoms with Gasteiger partial charge in [-0.2, -0.15) is 0 Å². The zero-order chi connectivity index (χ0) is 18.6. The van der Waals surface area contributed by atoms with Gasteiger partial charge in [0.05, 0.1) is 6.54 Å². The molecule has 0 saturated carbocycles. The van der Waals surface area contributed by atoms with Crippen molar-refractivity contribution < 1.29 is 4.79 Å². The van der Waals surface area contributed by atoms with Crippen LogP contribution < -0.4 is 16.0 Å². The molecule has 0 unspecified atom stereocenters. The molecule has 0 aliphatic heterocycles. The van der Waals surface area contributed by atoms with E-state index in [-0.39, 0.29) is 29.9 Å². The van der Waals surface area contributed by atoms with E-state index in [4.69, 9.17) is 11.6 Å². The van der Waals surface area contributed by atoms with Crippen LogP contribution in [0, 0.1) is 0 Å². The van der Waals surface area contributed by atoms with E-state index in [9.17, 15) is 4.79 Å². The van der Waals surface area contributed by atoms with Gasteiger partial charge in [-0.05, 0) is 37.1 Å². The van der Waals surface area contributed by atoms with E-state index in [1.807, 2.05) is 49.4 Å². The molecule has 1 amide bonds. The first-order chi connectivity index (χ1) is 12.7. The first-order valence-electron chi connectivity index (χ1n) is 8.79. The van der Waals surface area contributed by atoms with Crippen LogP contribution in [0.3, 0.4) is 0 Å². The SMILES string of the molecule is CCNC(=NCc1ccccc1Cl)NCCCNC(=O)c1ccccc1.I. The number of rotatable bonds is 8. The van der Waals surface area contributed by atoms with Crippen LogP contribution >= 0.6 is 35.6 Å². The van der Waals surface area contributed by atoms with Gasteiger partial charge in [-0.15, -0.1) is 24.0 Å². The fraction of sp³-hybridized carbons (Fsp3) is 0.300. The summed E-state index contributed by atoms with van der Waals surface area (Å²) in [6.45, 7) is 4.62. The van der Waals surface area contributed by atoms with E-state index in [1.165, 1.54) is 0 Å². The zero-order valence-electron chi connectivity index (χ0n) is 15.4. The van der Waals surface area contributed by atoms with E-state index in [2.05, 4.69) is 20.9 Å². The summed E-state index contributed by atoms with van der Waals surface area (Å²) in [5.41, 5.74) is 1.66. The summed E-state index contributed by atoms with van der Waals surface area (Å²) in [6.07, 6.45) is 0.801. The van der Waals surface area contributed by atoms with Crippen LogP contribution in [0.2, 0.25) is 5.02 Å². The van der Waals surface area contributed by atoms with Gasteiger partial charge >= 0.3 is 0 Å². The lowest BCUT2D eigenvalue weighted by Crippen LogP contribution is -2.38. The number of hydrogen-bond donors (Lipinski definition) is 3. The fourth-order valence-electron chi connectivity index (χ4n) is 2.32. The number of benzene rings is 2. The predicted molar refractivity (Wildman–Crippen MR) is 123 cm³/mol. The van der Waals surface area contributed by atoms with Crippen molar-refractivity contribution in [2.75, 3.05) is 19.6 Å². The summed E-state index contributed by atoms with van der Waals surface area (Å²) < 4.78 is 0. The van der Waals surface area contributed by atoms with E-state index in [1.54, 1.807) is 12.1 Å². The first kappa shape index (κ1) is 23.2. The molecule has 0 fully saturated rings. The molecule has 0 heterocycles. The van der Waals surface area contributed by atoms with Crippen LogP contribution in [0.4, 0.5) is 0 Å². The van der Waals surface area contributed by atoms with Crippen molar-refractivity contribution in [2.45, 2.75) is 19.9 Å². The Labute approximate surface area is 183 Å². The Bertz CT molecular complexity index is 725. The molecule has 0 bridgehead atoms. The molecule has 0 saturated heterocycles. The molecule has 0 spiro atoms. The summed E-state index contributed by atoms with van der Waals surface area (Å²) in [5, 5.41) is 10.1. The van der Waals surface area contributed by atoms with Gasteiger partial charge in [-0.25, -0.2) is 4.99 Å². The number of aliphatic imine (C=N–C) groups is 1. The maximum absolute atomic E-state index is 12.0. The number of carbonyl (C=O) groups is 1. The molecule has 2 aromatic rings. The lowest BCUT2D eigenvalue weighted by Gasteiger charge is -2.12. The second-order valence-electron chi connectivity index (χ2n) is 5.69. The summed E-state index contributed by atoms with van der Waals surface area (Å²) in [7, 11) is 0. The Morgan fingerprint density at radius 3 is 2.33 bits per heavy atom. The average Bonchev–Trinajstić information content (AvgIpc) is 2.67. The first-order valence-corrected chi connectivity index (χ1v) is 9.17. The second-order valence-corrected chi connectivity index (χ2v) is 6.10. The number of hydrogen-bond acceptors (Lipinski definition) is 2. The van der Waals surface area contributed by atoms with Gasteiger partial charge in [0, 0.05) is 30.2 Å². The molecule has 5 nitrogen and oxygen atoms in total. The summed E-state index contributed by atoms with van der Waals surface area (Å²) in [6, 6.07) is 16.9. The summed E-state index contributed by atoms with van der Waals surface area (Å²) >= 11 is 6.16. The molecule has 0 radical (unpaired) electrons. The minimum atomic E-state index is -0.0510. The van der Waals surface area contributed by atoms with Gasteiger partial charge in [0.1, 0.15) is 0 Å². The molecule has 7 heteroatoms. The third kappa shape index (κ3) is 8.62.